The Bertz CT molecular complexity index is 1200. The van der Waals surface area contributed by atoms with E-state index in [2.05, 4.69) is 38.4 Å². The van der Waals surface area contributed by atoms with Crippen LogP contribution in [0.4, 0.5) is 0 Å². The molecule has 6 heteroatoms. The fourth-order valence-electron chi connectivity index (χ4n) is 3.46. The van der Waals surface area contributed by atoms with Crippen LogP contribution in [0.15, 0.2) is 94.4 Å². The Labute approximate surface area is 198 Å². The van der Waals surface area contributed by atoms with Gasteiger partial charge in [0.05, 0.1) is 5.70 Å². The fraction of sp³-hybridized carbons (Fsp3) is 0.0800. The highest BCUT2D eigenvalue weighted by molar-refractivity contribution is 9.10. The monoisotopic (exact) mass is 538 g/mol. The lowest BCUT2D eigenvalue weighted by molar-refractivity contribution is 0.128. The molecular formula is C25H20Br2N2O2. The third-order valence-electron chi connectivity index (χ3n) is 5.03. The van der Waals surface area contributed by atoms with Gasteiger partial charge >= 0.3 is 0 Å². The molecule has 1 unspecified atom stereocenters. The molecule has 0 bridgehead atoms. The molecule has 156 valence electrons. The lowest BCUT2D eigenvalue weighted by Gasteiger charge is -2.19. The Balaban J connectivity index is 1.91. The second kappa shape index (κ2) is 9.22. The van der Waals surface area contributed by atoms with Crippen molar-refractivity contribution in [3.05, 3.63) is 111 Å². The van der Waals surface area contributed by atoms with Crippen LogP contribution in [0.5, 0.6) is 5.75 Å². The first-order chi connectivity index (χ1) is 15.0. The van der Waals surface area contributed by atoms with Gasteiger partial charge in [-0.05, 0) is 35.4 Å². The maximum atomic E-state index is 11.3. The molecule has 0 saturated carbocycles. The van der Waals surface area contributed by atoms with Crippen molar-refractivity contribution >= 4 is 37.6 Å². The van der Waals surface area contributed by atoms with Crippen molar-refractivity contribution < 1.29 is 9.84 Å². The summed E-state index contributed by atoms with van der Waals surface area (Å²) >= 11 is 6.92. The zero-order valence-corrected chi connectivity index (χ0v) is 20.0. The van der Waals surface area contributed by atoms with Crippen molar-refractivity contribution in [2.24, 2.45) is 0 Å². The van der Waals surface area contributed by atoms with Gasteiger partial charge in [0.2, 0.25) is 0 Å². The number of aromatic nitrogens is 2. The molecule has 0 saturated heterocycles. The van der Waals surface area contributed by atoms with E-state index in [0.717, 1.165) is 25.6 Å². The van der Waals surface area contributed by atoms with E-state index in [0.29, 0.717) is 17.1 Å². The number of methoxy groups -OCH3 is 1. The average Bonchev–Trinajstić information content (AvgIpc) is 3.13. The summed E-state index contributed by atoms with van der Waals surface area (Å²) in [6.07, 6.45) is -0.523. The average molecular weight is 540 g/mol. The van der Waals surface area contributed by atoms with Gasteiger partial charge in [0, 0.05) is 21.6 Å². The summed E-state index contributed by atoms with van der Waals surface area (Å²) in [5.74, 6) is 0.0660. The first-order valence-electron chi connectivity index (χ1n) is 9.60. The first-order valence-corrected chi connectivity index (χ1v) is 11.2. The minimum absolute atomic E-state index is 0.0660. The molecular weight excluding hydrogens is 520 g/mol. The van der Waals surface area contributed by atoms with E-state index in [1.807, 2.05) is 78.9 Å². The third kappa shape index (κ3) is 4.37. The van der Waals surface area contributed by atoms with Crippen LogP contribution in [0.25, 0.3) is 17.0 Å². The van der Waals surface area contributed by atoms with Gasteiger partial charge in [0.1, 0.15) is 17.5 Å². The Hall–Kier alpha value is -2.67. The summed E-state index contributed by atoms with van der Waals surface area (Å²) in [6, 6.07) is 25.2. The number of aromatic hydroxyl groups is 1. The largest absolute Gasteiger partial charge is 0.504 e. The van der Waals surface area contributed by atoms with Crippen molar-refractivity contribution in [3.8, 4) is 17.0 Å². The zero-order valence-electron chi connectivity index (χ0n) is 16.8. The summed E-state index contributed by atoms with van der Waals surface area (Å²) in [5.41, 5.74) is 4.23. The van der Waals surface area contributed by atoms with Crippen LogP contribution in [0.1, 0.15) is 22.9 Å². The molecule has 3 aromatic carbocycles. The molecule has 31 heavy (non-hydrogen) atoms. The smallest absolute Gasteiger partial charge is 0.168 e. The van der Waals surface area contributed by atoms with E-state index < -0.39 is 6.10 Å². The van der Waals surface area contributed by atoms with Crippen LogP contribution >= 0.6 is 31.9 Å². The van der Waals surface area contributed by atoms with Gasteiger partial charge in [-0.3, -0.25) is 0 Å². The molecule has 1 atom stereocenters. The fourth-order valence-corrected chi connectivity index (χ4v) is 3.99. The van der Waals surface area contributed by atoms with E-state index in [1.165, 1.54) is 0 Å². The minimum atomic E-state index is -0.523. The quantitative estimate of drug-likeness (QED) is 0.286. The predicted molar refractivity (Wildman–Crippen MR) is 131 cm³/mol. The van der Waals surface area contributed by atoms with Gasteiger partial charge in [-0.15, -0.1) is 0 Å². The molecule has 0 aliphatic carbocycles. The number of hydrogen-bond donors (Lipinski definition) is 1. The van der Waals surface area contributed by atoms with E-state index in [-0.39, 0.29) is 5.75 Å². The number of benzene rings is 3. The molecule has 0 amide bonds. The SMILES string of the molecule is C=C(c1ccc(Br)cc1)n1nc(-c2ccc(Br)cc2)c(O)c1C(OC)c1ccccc1. The summed E-state index contributed by atoms with van der Waals surface area (Å²) < 4.78 is 9.44. The molecule has 4 nitrogen and oxygen atoms in total. The zero-order chi connectivity index (χ0) is 22.0. The van der Waals surface area contributed by atoms with E-state index in [9.17, 15) is 5.11 Å². The van der Waals surface area contributed by atoms with Crippen LogP contribution in [-0.4, -0.2) is 22.0 Å². The van der Waals surface area contributed by atoms with Gasteiger partial charge in [0.25, 0.3) is 0 Å². The van der Waals surface area contributed by atoms with Crippen LogP contribution in [-0.2, 0) is 4.74 Å². The second-order valence-corrected chi connectivity index (χ2v) is 8.81. The van der Waals surface area contributed by atoms with Gasteiger partial charge in [0.15, 0.2) is 5.75 Å². The molecule has 4 rings (SSSR count). The Morgan fingerprint density at radius 2 is 1.52 bits per heavy atom. The number of nitrogens with zero attached hydrogens (tertiary/aromatic N) is 2. The molecule has 4 aromatic rings. The van der Waals surface area contributed by atoms with Gasteiger partial charge in [-0.1, -0.05) is 93.0 Å². The summed E-state index contributed by atoms with van der Waals surface area (Å²) in [7, 11) is 1.62. The number of halogens is 2. The van der Waals surface area contributed by atoms with Crippen LogP contribution in [0.2, 0.25) is 0 Å². The Kier molecular flexibility index (Phi) is 6.41. The van der Waals surface area contributed by atoms with E-state index >= 15 is 0 Å². The first kappa shape index (κ1) is 21.6. The summed E-state index contributed by atoms with van der Waals surface area (Å²) in [6.45, 7) is 4.27. The third-order valence-corrected chi connectivity index (χ3v) is 6.09. The molecule has 0 radical (unpaired) electrons. The van der Waals surface area contributed by atoms with Crippen molar-refractivity contribution in [2.45, 2.75) is 6.10 Å². The highest BCUT2D eigenvalue weighted by Crippen LogP contribution is 2.41. The molecule has 0 spiro atoms. The number of rotatable bonds is 6. The van der Waals surface area contributed by atoms with Crippen LogP contribution < -0.4 is 0 Å². The predicted octanol–water partition coefficient (Wildman–Crippen LogP) is 7.04. The molecule has 1 heterocycles. The summed E-state index contributed by atoms with van der Waals surface area (Å²) in [4.78, 5) is 0. The maximum Gasteiger partial charge on any atom is 0.168 e. The molecule has 1 N–H and O–H groups in total. The van der Waals surface area contributed by atoms with Gasteiger partial charge < -0.3 is 9.84 Å². The minimum Gasteiger partial charge on any atom is -0.504 e. The number of hydrogen-bond acceptors (Lipinski definition) is 3. The molecule has 1 aromatic heterocycles. The van der Waals surface area contributed by atoms with Crippen molar-refractivity contribution in [2.75, 3.05) is 7.11 Å². The van der Waals surface area contributed by atoms with Gasteiger partial charge in [-0.2, -0.15) is 5.10 Å². The Morgan fingerprint density at radius 3 is 2.10 bits per heavy atom. The topological polar surface area (TPSA) is 47.3 Å². The standard InChI is InChI=1S/C25H20Br2N2O2/c1-16(17-8-12-20(26)13-9-17)29-23(25(31-2)19-6-4-3-5-7-19)24(30)22(28-29)18-10-14-21(27)15-11-18/h3-15,25,30H,1H2,2H3. The molecule has 0 aliphatic rings. The normalized spacial score (nSPS) is 12.0. The molecule has 0 aliphatic heterocycles. The lowest BCUT2D eigenvalue weighted by Crippen LogP contribution is -2.12. The van der Waals surface area contributed by atoms with Crippen LogP contribution in [0, 0.1) is 0 Å². The number of ether oxygens (including phenoxy) is 1. The van der Waals surface area contributed by atoms with Gasteiger partial charge in [-0.25, -0.2) is 4.68 Å². The Morgan fingerprint density at radius 1 is 0.935 bits per heavy atom. The highest BCUT2D eigenvalue weighted by Gasteiger charge is 2.28. The van der Waals surface area contributed by atoms with E-state index in [4.69, 9.17) is 9.84 Å². The lowest BCUT2D eigenvalue weighted by atomic mass is 10.0. The second-order valence-electron chi connectivity index (χ2n) is 6.98. The maximum absolute atomic E-state index is 11.3. The highest BCUT2D eigenvalue weighted by atomic mass is 79.9. The van der Waals surface area contributed by atoms with Crippen molar-refractivity contribution in [1.29, 1.82) is 0 Å². The summed E-state index contributed by atoms with van der Waals surface area (Å²) in [5, 5.41) is 16.1. The van der Waals surface area contributed by atoms with Crippen molar-refractivity contribution in [3.63, 3.8) is 0 Å². The van der Waals surface area contributed by atoms with E-state index in [1.54, 1.807) is 11.8 Å². The van der Waals surface area contributed by atoms with Crippen molar-refractivity contribution in [1.82, 2.24) is 9.78 Å². The molecule has 0 fully saturated rings. The van der Waals surface area contributed by atoms with Crippen LogP contribution in [0.3, 0.4) is 0 Å².